The lowest BCUT2D eigenvalue weighted by molar-refractivity contribution is -0.276. The maximum atomic E-state index is 11.9. The number of hydrogen-bond acceptors (Lipinski definition) is 3. The molecule has 0 spiro atoms. The van der Waals surface area contributed by atoms with Gasteiger partial charge in [0.05, 0.1) is 0 Å². The zero-order valence-electron chi connectivity index (χ0n) is 8.67. The Balaban J connectivity index is 3.09. The summed E-state index contributed by atoms with van der Waals surface area (Å²) in [7, 11) is 0. The zero-order valence-corrected chi connectivity index (χ0v) is 8.67. The van der Waals surface area contributed by atoms with Crippen LogP contribution in [0.4, 0.5) is 13.2 Å². The lowest BCUT2D eigenvalue weighted by Gasteiger charge is -2.11. The molecule has 6 heteroatoms. The molecule has 0 N–H and O–H groups in total. The molecule has 0 aromatic carbocycles. The molecule has 0 radical (unpaired) electrons. The van der Waals surface area contributed by atoms with Gasteiger partial charge in [0, 0.05) is 6.20 Å². The second-order valence-electron chi connectivity index (χ2n) is 3.44. The van der Waals surface area contributed by atoms with Crippen LogP contribution in [0.3, 0.4) is 0 Å². The van der Waals surface area contributed by atoms with E-state index in [-0.39, 0.29) is 11.5 Å². The van der Waals surface area contributed by atoms with Crippen molar-refractivity contribution in [3.05, 3.63) is 23.4 Å². The molecular formula is C10H9F3N2O. The van der Waals surface area contributed by atoms with E-state index in [1.165, 1.54) is 12.3 Å². The Morgan fingerprint density at radius 3 is 2.50 bits per heavy atom. The third kappa shape index (κ3) is 3.12. The molecule has 0 atom stereocenters. The van der Waals surface area contributed by atoms with Crippen molar-refractivity contribution in [2.45, 2.75) is 26.1 Å². The van der Waals surface area contributed by atoms with Crippen molar-refractivity contribution in [3.63, 3.8) is 0 Å². The minimum Gasteiger partial charge on any atom is -0.386 e. The van der Waals surface area contributed by atoms with E-state index in [0.717, 1.165) is 0 Å². The first-order valence-electron chi connectivity index (χ1n) is 4.49. The fourth-order valence-corrected chi connectivity index (χ4v) is 1.06. The molecule has 0 bridgehead atoms. The van der Waals surface area contributed by atoms with Crippen LogP contribution in [0.15, 0.2) is 12.3 Å². The van der Waals surface area contributed by atoms with Crippen LogP contribution in [0.5, 0.6) is 5.88 Å². The summed E-state index contributed by atoms with van der Waals surface area (Å²) in [6, 6.07) is 2.97. The minimum absolute atomic E-state index is 0.0829. The molecule has 86 valence electrons. The summed E-state index contributed by atoms with van der Waals surface area (Å²) >= 11 is 0. The first kappa shape index (κ1) is 12.3. The maximum absolute atomic E-state index is 11.9. The van der Waals surface area contributed by atoms with Crippen molar-refractivity contribution in [2.75, 3.05) is 0 Å². The Bertz CT molecular complexity index is 421. The van der Waals surface area contributed by atoms with Gasteiger partial charge in [-0.05, 0) is 17.5 Å². The molecule has 0 unspecified atom stereocenters. The summed E-state index contributed by atoms with van der Waals surface area (Å²) in [5, 5.41) is 8.68. The molecule has 3 nitrogen and oxygen atoms in total. The zero-order chi connectivity index (χ0) is 12.3. The number of halogens is 3. The van der Waals surface area contributed by atoms with Gasteiger partial charge in [0.25, 0.3) is 0 Å². The summed E-state index contributed by atoms with van der Waals surface area (Å²) in [6.45, 7) is 3.70. The van der Waals surface area contributed by atoms with Crippen LogP contribution in [0.2, 0.25) is 0 Å². The van der Waals surface area contributed by atoms with Gasteiger partial charge in [-0.15, -0.1) is 13.2 Å². The molecule has 0 aliphatic heterocycles. The van der Waals surface area contributed by atoms with E-state index in [0.29, 0.717) is 5.56 Å². The first-order chi connectivity index (χ1) is 7.33. The van der Waals surface area contributed by atoms with Gasteiger partial charge in [-0.3, -0.25) is 0 Å². The largest absolute Gasteiger partial charge is 0.574 e. The molecule has 0 fully saturated rings. The Morgan fingerprint density at radius 1 is 1.44 bits per heavy atom. The van der Waals surface area contributed by atoms with Gasteiger partial charge in [-0.1, -0.05) is 13.8 Å². The smallest absolute Gasteiger partial charge is 0.386 e. The highest BCUT2D eigenvalue weighted by molar-refractivity contribution is 5.40. The van der Waals surface area contributed by atoms with Crippen molar-refractivity contribution in [1.29, 1.82) is 5.26 Å². The van der Waals surface area contributed by atoms with Crippen LogP contribution in [0, 0.1) is 11.3 Å². The van der Waals surface area contributed by atoms with Crippen molar-refractivity contribution in [1.82, 2.24) is 4.98 Å². The summed E-state index contributed by atoms with van der Waals surface area (Å²) in [6.07, 6.45) is -3.56. The topological polar surface area (TPSA) is 45.9 Å². The molecule has 1 aromatic rings. The van der Waals surface area contributed by atoms with Crippen LogP contribution in [0.25, 0.3) is 0 Å². The third-order valence-corrected chi connectivity index (χ3v) is 1.87. The monoisotopic (exact) mass is 230 g/mol. The van der Waals surface area contributed by atoms with Crippen LogP contribution in [-0.4, -0.2) is 11.3 Å². The Labute approximate surface area is 90.5 Å². The Hall–Kier alpha value is -1.77. The molecule has 0 aliphatic carbocycles. The number of hydrogen-bond donors (Lipinski definition) is 0. The highest BCUT2D eigenvalue weighted by Gasteiger charge is 2.33. The molecule has 1 aromatic heterocycles. The molecule has 0 aliphatic rings. The van der Waals surface area contributed by atoms with Gasteiger partial charge in [-0.25, -0.2) is 4.98 Å². The third-order valence-electron chi connectivity index (χ3n) is 1.87. The Kier molecular flexibility index (Phi) is 3.38. The van der Waals surface area contributed by atoms with Gasteiger partial charge in [0.2, 0.25) is 5.88 Å². The van der Waals surface area contributed by atoms with E-state index in [1.807, 2.05) is 13.8 Å². The second-order valence-corrected chi connectivity index (χ2v) is 3.44. The number of alkyl halides is 3. The van der Waals surface area contributed by atoms with E-state index >= 15 is 0 Å². The first-order valence-corrected chi connectivity index (χ1v) is 4.49. The van der Waals surface area contributed by atoms with E-state index in [4.69, 9.17) is 5.26 Å². The van der Waals surface area contributed by atoms with Crippen molar-refractivity contribution in [2.24, 2.45) is 0 Å². The number of rotatable bonds is 2. The quantitative estimate of drug-likeness (QED) is 0.784. The van der Waals surface area contributed by atoms with E-state index < -0.39 is 12.2 Å². The summed E-state index contributed by atoms with van der Waals surface area (Å²) in [5.41, 5.74) is 0.467. The van der Waals surface area contributed by atoms with Crippen molar-refractivity contribution in [3.8, 4) is 11.9 Å². The highest BCUT2D eigenvalue weighted by atomic mass is 19.4. The molecule has 0 amide bonds. The lowest BCUT2D eigenvalue weighted by Crippen LogP contribution is -2.18. The number of nitrogens with zero attached hydrogens (tertiary/aromatic N) is 2. The second kappa shape index (κ2) is 4.39. The van der Waals surface area contributed by atoms with Crippen molar-refractivity contribution < 1.29 is 17.9 Å². The number of pyridine rings is 1. The van der Waals surface area contributed by atoms with Crippen LogP contribution < -0.4 is 4.74 Å². The lowest BCUT2D eigenvalue weighted by atomic mass is 10.0. The Morgan fingerprint density at radius 2 is 2.06 bits per heavy atom. The van der Waals surface area contributed by atoms with E-state index in [9.17, 15) is 13.2 Å². The summed E-state index contributed by atoms with van der Waals surface area (Å²) < 4.78 is 39.5. The van der Waals surface area contributed by atoms with Gasteiger partial charge in [0.1, 0.15) is 11.6 Å². The predicted molar refractivity (Wildman–Crippen MR) is 49.7 cm³/mol. The van der Waals surface area contributed by atoms with Gasteiger partial charge in [-0.2, -0.15) is 5.26 Å². The average molecular weight is 230 g/mol. The van der Waals surface area contributed by atoms with Crippen LogP contribution in [0.1, 0.15) is 30.9 Å². The predicted octanol–water partition coefficient (Wildman–Crippen LogP) is 2.98. The molecule has 0 saturated carbocycles. The van der Waals surface area contributed by atoms with Gasteiger partial charge >= 0.3 is 6.36 Å². The fourth-order valence-electron chi connectivity index (χ4n) is 1.06. The highest BCUT2D eigenvalue weighted by Crippen LogP contribution is 2.26. The molecule has 1 rings (SSSR count). The number of ether oxygens (including phenoxy) is 1. The summed E-state index contributed by atoms with van der Waals surface area (Å²) in [4.78, 5) is 3.49. The number of aromatic nitrogens is 1. The van der Waals surface area contributed by atoms with Crippen molar-refractivity contribution >= 4 is 0 Å². The van der Waals surface area contributed by atoms with Crippen LogP contribution >= 0.6 is 0 Å². The average Bonchev–Trinajstić information content (AvgIpc) is 2.15. The minimum atomic E-state index is -4.84. The molecular weight excluding hydrogens is 221 g/mol. The standard InChI is InChI=1S/C10H9F3N2O/c1-6(2)8-3-7(4-14)9(15-5-8)16-10(11,12)13/h3,5-6H,1-2H3. The normalized spacial score (nSPS) is 11.3. The number of nitriles is 1. The van der Waals surface area contributed by atoms with Gasteiger partial charge in [0.15, 0.2) is 0 Å². The SMILES string of the molecule is CC(C)c1cnc(OC(F)(F)F)c(C#N)c1. The van der Waals surface area contributed by atoms with E-state index in [2.05, 4.69) is 9.72 Å². The van der Waals surface area contributed by atoms with Gasteiger partial charge < -0.3 is 4.74 Å². The van der Waals surface area contributed by atoms with E-state index in [1.54, 1.807) is 6.07 Å². The summed E-state index contributed by atoms with van der Waals surface area (Å²) in [5.74, 6) is -0.626. The van der Waals surface area contributed by atoms with Crippen LogP contribution in [-0.2, 0) is 0 Å². The molecule has 0 saturated heterocycles. The molecule has 16 heavy (non-hydrogen) atoms. The fraction of sp³-hybridized carbons (Fsp3) is 0.400. The molecule has 1 heterocycles. The maximum Gasteiger partial charge on any atom is 0.574 e.